The SMILES string of the molecule is CC(N)CN1CC2C3CCC(C3)C21.Cl. The van der Waals surface area contributed by atoms with E-state index in [4.69, 9.17) is 5.73 Å². The summed E-state index contributed by atoms with van der Waals surface area (Å²) in [4.78, 5) is 2.64. The summed E-state index contributed by atoms with van der Waals surface area (Å²) in [5.41, 5.74) is 5.84. The van der Waals surface area contributed by atoms with Crippen LogP contribution in [0.3, 0.4) is 0 Å². The second kappa shape index (κ2) is 3.66. The van der Waals surface area contributed by atoms with Gasteiger partial charge in [0.2, 0.25) is 0 Å². The highest BCUT2D eigenvalue weighted by atomic mass is 35.5. The number of nitrogens with two attached hydrogens (primary N) is 1. The third-order valence-corrected chi connectivity index (χ3v) is 4.43. The second-order valence-corrected chi connectivity index (χ2v) is 5.42. The Labute approximate surface area is 92.6 Å². The van der Waals surface area contributed by atoms with Gasteiger partial charge in [0.25, 0.3) is 0 Å². The molecule has 0 aromatic heterocycles. The van der Waals surface area contributed by atoms with Crippen LogP contribution >= 0.6 is 12.4 Å². The zero-order valence-electron chi connectivity index (χ0n) is 8.86. The molecule has 0 aromatic rings. The van der Waals surface area contributed by atoms with Gasteiger partial charge in [-0.1, -0.05) is 0 Å². The summed E-state index contributed by atoms with van der Waals surface area (Å²) >= 11 is 0. The Bertz CT molecular complexity index is 217. The highest BCUT2D eigenvalue weighted by Gasteiger charge is 2.55. The number of halogens is 1. The van der Waals surface area contributed by atoms with Gasteiger partial charge in [-0.15, -0.1) is 12.4 Å². The molecule has 2 N–H and O–H groups in total. The van der Waals surface area contributed by atoms with Crippen molar-refractivity contribution in [3.05, 3.63) is 0 Å². The summed E-state index contributed by atoms with van der Waals surface area (Å²) in [6, 6.07) is 1.31. The maximum absolute atomic E-state index is 5.84. The number of nitrogens with zero attached hydrogens (tertiary/aromatic N) is 1. The lowest BCUT2D eigenvalue weighted by Crippen LogP contribution is -2.60. The van der Waals surface area contributed by atoms with E-state index in [1.807, 2.05) is 0 Å². The molecule has 14 heavy (non-hydrogen) atoms. The Kier molecular flexibility index (Phi) is 2.80. The molecule has 3 rings (SSSR count). The summed E-state index contributed by atoms with van der Waals surface area (Å²) in [6.45, 7) is 4.61. The highest BCUT2D eigenvalue weighted by molar-refractivity contribution is 5.85. The van der Waals surface area contributed by atoms with E-state index < -0.39 is 0 Å². The number of likely N-dealkylation sites (tertiary alicyclic amines) is 1. The maximum Gasteiger partial charge on any atom is 0.0167 e. The first-order valence-electron chi connectivity index (χ1n) is 5.75. The number of hydrogen-bond donors (Lipinski definition) is 1. The first-order valence-corrected chi connectivity index (χ1v) is 5.75. The van der Waals surface area contributed by atoms with Crippen LogP contribution in [0.2, 0.25) is 0 Å². The molecule has 0 radical (unpaired) electrons. The van der Waals surface area contributed by atoms with Gasteiger partial charge < -0.3 is 5.73 Å². The molecule has 5 unspecified atom stereocenters. The molecule has 1 aliphatic heterocycles. The van der Waals surface area contributed by atoms with Gasteiger partial charge in [0.05, 0.1) is 0 Å². The summed E-state index contributed by atoms with van der Waals surface area (Å²) < 4.78 is 0. The molecule has 3 heteroatoms. The first-order chi connectivity index (χ1) is 6.25. The third kappa shape index (κ3) is 1.39. The van der Waals surface area contributed by atoms with Gasteiger partial charge >= 0.3 is 0 Å². The topological polar surface area (TPSA) is 29.3 Å². The van der Waals surface area contributed by atoms with Crippen molar-refractivity contribution in [1.29, 1.82) is 0 Å². The largest absolute Gasteiger partial charge is 0.327 e. The fourth-order valence-electron chi connectivity index (χ4n) is 4.03. The summed E-state index contributed by atoms with van der Waals surface area (Å²) in [6.07, 6.45) is 4.56. The Morgan fingerprint density at radius 2 is 2.07 bits per heavy atom. The van der Waals surface area contributed by atoms with Crippen LogP contribution < -0.4 is 5.73 Å². The molecule has 0 amide bonds. The Morgan fingerprint density at radius 1 is 1.36 bits per heavy atom. The average molecular weight is 217 g/mol. The Hall–Kier alpha value is 0.210. The molecular weight excluding hydrogens is 196 g/mol. The monoisotopic (exact) mass is 216 g/mol. The van der Waals surface area contributed by atoms with Crippen molar-refractivity contribution in [3.63, 3.8) is 0 Å². The van der Waals surface area contributed by atoms with Crippen molar-refractivity contribution in [1.82, 2.24) is 4.90 Å². The van der Waals surface area contributed by atoms with Crippen molar-refractivity contribution >= 4 is 12.4 Å². The predicted molar refractivity (Wildman–Crippen MR) is 60.6 cm³/mol. The van der Waals surface area contributed by atoms with Crippen molar-refractivity contribution in [2.24, 2.45) is 23.5 Å². The zero-order chi connectivity index (χ0) is 9.00. The van der Waals surface area contributed by atoms with Gasteiger partial charge in [-0.05, 0) is 43.9 Å². The van der Waals surface area contributed by atoms with Gasteiger partial charge in [-0.25, -0.2) is 0 Å². The van der Waals surface area contributed by atoms with Crippen molar-refractivity contribution in [2.75, 3.05) is 13.1 Å². The van der Waals surface area contributed by atoms with Crippen molar-refractivity contribution in [3.8, 4) is 0 Å². The Morgan fingerprint density at radius 3 is 2.71 bits per heavy atom. The van der Waals surface area contributed by atoms with Crippen LogP contribution in [-0.4, -0.2) is 30.1 Å². The number of fused-ring (bicyclic) bond motifs is 5. The van der Waals surface area contributed by atoms with E-state index in [2.05, 4.69) is 11.8 Å². The quantitative estimate of drug-likeness (QED) is 0.758. The molecule has 2 nitrogen and oxygen atoms in total. The minimum Gasteiger partial charge on any atom is -0.327 e. The van der Waals surface area contributed by atoms with Crippen LogP contribution in [-0.2, 0) is 0 Å². The van der Waals surface area contributed by atoms with E-state index >= 15 is 0 Å². The molecule has 2 bridgehead atoms. The highest BCUT2D eigenvalue weighted by Crippen LogP contribution is 2.55. The molecule has 0 spiro atoms. The van der Waals surface area contributed by atoms with Crippen LogP contribution in [0.1, 0.15) is 26.2 Å². The second-order valence-electron chi connectivity index (χ2n) is 5.42. The van der Waals surface area contributed by atoms with E-state index in [1.54, 1.807) is 0 Å². The van der Waals surface area contributed by atoms with Gasteiger partial charge in [0.1, 0.15) is 0 Å². The number of hydrogen-bond acceptors (Lipinski definition) is 2. The summed E-state index contributed by atoms with van der Waals surface area (Å²) in [7, 11) is 0. The molecular formula is C11H21ClN2. The van der Waals surface area contributed by atoms with Crippen LogP contribution in [0.4, 0.5) is 0 Å². The van der Waals surface area contributed by atoms with E-state index in [0.717, 1.165) is 30.3 Å². The van der Waals surface area contributed by atoms with Gasteiger partial charge in [0.15, 0.2) is 0 Å². The number of rotatable bonds is 2. The fourth-order valence-corrected chi connectivity index (χ4v) is 4.03. The van der Waals surface area contributed by atoms with Crippen LogP contribution in [0.15, 0.2) is 0 Å². The first kappa shape index (κ1) is 10.7. The van der Waals surface area contributed by atoms with E-state index in [9.17, 15) is 0 Å². The molecule has 1 saturated heterocycles. The molecule has 1 heterocycles. The maximum atomic E-state index is 5.84. The molecule has 3 fully saturated rings. The lowest BCUT2D eigenvalue weighted by Gasteiger charge is -2.51. The standard InChI is InChI=1S/C11H20N2.ClH/c1-7(12)5-13-6-10-8-2-3-9(4-8)11(10)13;/h7-11H,2-6,12H2,1H3;1H. The lowest BCUT2D eigenvalue weighted by atomic mass is 9.76. The molecule has 82 valence electrons. The summed E-state index contributed by atoms with van der Waals surface area (Å²) in [5.74, 6) is 3.21. The minimum atomic E-state index is 0. The normalized spacial score (nSPS) is 46.7. The van der Waals surface area contributed by atoms with Gasteiger partial charge in [0, 0.05) is 25.2 Å². The molecule has 2 saturated carbocycles. The average Bonchev–Trinajstić information content (AvgIpc) is 2.54. The fraction of sp³-hybridized carbons (Fsp3) is 1.00. The van der Waals surface area contributed by atoms with Crippen molar-refractivity contribution in [2.45, 2.75) is 38.3 Å². The predicted octanol–water partition coefficient (Wildman–Crippen LogP) is 1.49. The molecule has 2 aliphatic carbocycles. The minimum absolute atomic E-state index is 0. The van der Waals surface area contributed by atoms with Gasteiger partial charge in [-0.2, -0.15) is 0 Å². The van der Waals surface area contributed by atoms with Crippen LogP contribution in [0.25, 0.3) is 0 Å². The molecule has 5 atom stereocenters. The van der Waals surface area contributed by atoms with Crippen LogP contribution in [0.5, 0.6) is 0 Å². The van der Waals surface area contributed by atoms with E-state index in [1.165, 1.54) is 25.8 Å². The summed E-state index contributed by atoms with van der Waals surface area (Å²) in [5, 5.41) is 0. The lowest BCUT2D eigenvalue weighted by molar-refractivity contribution is -0.0241. The zero-order valence-corrected chi connectivity index (χ0v) is 9.67. The van der Waals surface area contributed by atoms with E-state index in [0.29, 0.717) is 6.04 Å². The Balaban J connectivity index is 0.000000750. The van der Waals surface area contributed by atoms with E-state index in [-0.39, 0.29) is 12.4 Å². The van der Waals surface area contributed by atoms with Crippen LogP contribution in [0, 0.1) is 17.8 Å². The van der Waals surface area contributed by atoms with Gasteiger partial charge in [-0.3, -0.25) is 4.90 Å². The smallest absolute Gasteiger partial charge is 0.0167 e. The van der Waals surface area contributed by atoms with Crippen molar-refractivity contribution < 1.29 is 0 Å². The third-order valence-electron chi connectivity index (χ3n) is 4.43. The molecule has 0 aromatic carbocycles. The molecule has 3 aliphatic rings.